The first-order chi connectivity index (χ1) is 15.4. The van der Waals surface area contributed by atoms with E-state index in [4.69, 9.17) is 32.2 Å². The molecule has 0 rings (SSSR count). The van der Waals surface area contributed by atoms with Crippen molar-refractivity contribution >= 4 is 26.7 Å². The van der Waals surface area contributed by atoms with Crippen LogP contribution in [0.1, 0.15) is 25.7 Å². The van der Waals surface area contributed by atoms with Crippen LogP contribution < -0.4 is 0 Å². The number of ether oxygens (including phenoxy) is 4. The Morgan fingerprint density at radius 3 is 1.97 bits per heavy atom. The minimum Gasteiger partial charge on any atom is -0.465 e. The molecule has 0 aromatic rings. The molecule has 0 saturated carbocycles. The summed E-state index contributed by atoms with van der Waals surface area (Å²) in [5.74, 6) is -1.76. The van der Waals surface area contributed by atoms with Crippen molar-refractivity contribution in [2.24, 2.45) is 5.92 Å². The van der Waals surface area contributed by atoms with E-state index in [1.165, 1.54) is 0 Å². The lowest BCUT2D eigenvalue weighted by molar-refractivity contribution is -0.148. The summed E-state index contributed by atoms with van der Waals surface area (Å²) in [6.07, 6.45) is 4.16. The van der Waals surface area contributed by atoms with Crippen LogP contribution in [0.4, 0.5) is 0 Å². The molecule has 0 aliphatic rings. The molecule has 10 nitrogen and oxygen atoms in total. The van der Waals surface area contributed by atoms with Crippen molar-refractivity contribution < 1.29 is 46.6 Å². The minimum atomic E-state index is -2.64. The van der Waals surface area contributed by atoms with Gasteiger partial charge in [-0.2, -0.15) is 0 Å². The van der Waals surface area contributed by atoms with Gasteiger partial charge in [0.05, 0.1) is 32.3 Å². The first-order valence-corrected chi connectivity index (χ1v) is 12.3. The van der Waals surface area contributed by atoms with E-state index in [0.717, 1.165) is 12.2 Å². The van der Waals surface area contributed by atoms with Gasteiger partial charge < -0.3 is 32.2 Å². The third-order valence-electron chi connectivity index (χ3n) is 4.35. The Balaban J connectivity index is 4.28. The normalized spacial score (nSPS) is 12.0. The van der Waals surface area contributed by atoms with Crippen molar-refractivity contribution in [1.82, 2.24) is 0 Å². The molecule has 0 saturated heterocycles. The molecule has 1 atom stereocenters. The van der Waals surface area contributed by atoms with E-state index in [0.29, 0.717) is 31.9 Å². The second kappa shape index (κ2) is 18.5. The first-order valence-electron chi connectivity index (χ1n) is 10.3. The monoisotopic (exact) mass is 476 g/mol. The zero-order valence-corrected chi connectivity index (χ0v) is 20.3. The highest BCUT2D eigenvalue weighted by Crippen LogP contribution is 2.17. The Morgan fingerprint density at radius 2 is 1.38 bits per heavy atom. The maximum atomic E-state index is 12.1. The van der Waals surface area contributed by atoms with Gasteiger partial charge in [0.1, 0.15) is 0 Å². The summed E-state index contributed by atoms with van der Waals surface area (Å²) in [6, 6.07) is 0.597. The molecule has 11 heteroatoms. The summed E-state index contributed by atoms with van der Waals surface area (Å²) in [5.41, 5.74) is 0. The van der Waals surface area contributed by atoms with Crippen molar-refractivity contribution in [2.75, 3.05) is 54.4 Å². The van der Waals surface area contributed by atoms with Crippen LogP contribution in [0, 0.1) is 5.92 Å². The Bertz CT molecular complexity index is 569. The van der Waals surface area contributed by atoms with Crippen molar-refractivity contribution in [3.05, 3.63) is 25.3 Å². The van der Waals surface area contributed by atoms with Crippen LogP contribution in [-0.4, -0.2) is 81.1 Å². The van der Waals surface area contributed by atoms with Crippen LogP contribution in [0.15, 0.2) is 25.3 Å². The molecule has 0 aliphatic heterocycles. The van der Waals surface area contributed by atoms with Gasteiger partial charge in [-0.25, -0.2) is 9.59 Å². The van der Waals surface area contributed by atoms with Gasteiger partial charge in [0.2, 0.25) is 0 Å². The lowest BCUT2D eigenvalue weighted by Gasteiger charge is -2.24. The summed E-state index contributed by atoms with van der Waals surface area (Å²) in [7, 11) is 1.99. The average molecular weight is 477 g/mol. The maximum absolute atomic E-state index is 12.1. The van der Waals surface area contributed by atoms with Crippen molar-refractivity contribution in [3.8, 4) is 0 Å². The van der Waals surface area contributed by atoms with E-state index < -0.39 is 20.7 Å². The highest BCUT2D eigenvalue weighted by Gasteiger charge is 2.36. The van der Waals surface area contributed by atoms with E-state index in [1.54, 1.807) is 21.3 Å². The lowest BCUT2D eigenvalue weighted by Crippen LogP contribution is -2.42. The van der Waals surface area contributed by atoms with E-state index in [9.17, 15) is 14.4 Å². The van der Waals surface area contributed by atoms with Gasteiger partial charge >= 0.3 is 26.7 Å². The second-order valence-electron chi connectivity index (χ2n) is 6.69. The third kappa shape index (κ3) is 14.1. The van der Waals surface area contributed by atoms with Crippen LogP contribution in [0.2, 0.25) is 6.04 Å². The lowest BCUT2D eigenvalue weighted by atomic mass is 10.2. The average Bonchev–Trinajstić information content (AvgIpc) is 2.82. The van der Waals surface area contributed by atoms with Crippen LogP contribution in [0.25, 0.3) is 0 Å². The summed E-state index contributed by atoms with van der Waals surface area (Å²) in [5, 5.41) is 0. The standard InChI is InChI=1S/C21H36O10Si/c1-6-19(22)29-13-10-12-28-15-18(16-30-20(23)7-2)17-31-21(24)11-8-9-14-32(25-3,26-4)27-5/h6-7,18H,1-2,8-17H2,3-5H3. The summed E-state index contributed by atoms with van der Waals surface area (Å²) >= 11 is 0. The smallest absolute Gasteiger partial charge is 0.465 e. The molecule has 0 fully saturated rings. The first kappa shape index (κ1) is 29.9. The summed E-state index contributed by atoms with van der Waals surface area (Å²) < 4.78 is 36.7. The number of carbonyl (C=O) groups excluding carboxylic acids is 3. The predicted octanol–water partition coefficient (Wildman–Crippen LogP) is 2.06. The molecule has 184 valence electrons. The topological polar surface area (TPSA) is 116 Å². The largest absolute Gasteiger partial charge is 0.500 e. The Hall–Kier alpha value is -2.05. The van der Waals surface area contributed by atoms with Crippen molar-refractivity contribution in [1.29, 1.82) is 0 Å². The maximum Gasteiger partial charge on any atom is 0.500 e. The number of esters is 3. The summed E-state index contributed by atoms with van der Waals surface area (Å²) in [4.78, 5) is 34.3. The SMILES string of the molecule is C=CC(=O)OCCCOCC(COC(=O)C=C)COC(=O)CCCC[Si](OC)(OC)OC. The number of hydrogen-bond donors (Lipinski definition) is 0. The minimum absolute atomic E-state index is 0.0211. The van der Waals surface area contributed by atoms with Gasteiger partial charge in [-0.1, -0.05) is 13.2 Å². The van der Waals surface area contributed by atoms with E-state index >= 15 is 0 Å². The van der Waals surface area contributed by atoms with Crippen molar-refractivity contribution in [2.45, 2.75) is 31.7 Å². The molecule has 0 spiro atoms. The fraction of sp³-hybridized carbons (Fsp3) is 0.667. The second-order valence-corrected chi connectivity index (χ2v) is 9.78. The molecular weight excluding hydrogens is 440 g/mol. The number of hydrogen-bond acceptors (Lipinski definition) is 10. The highest BCUT2D eigenvalue weighted by atomic mass is 28.4. The molecular formula is C21H36O10Si. The van der Waals surface area contributed by atoms with Crippen LogP contribution in [0.3, 0.4) is 0 Å². The van der Waals surface area contributed by atoms with Crippen LogP contribution in [0.5, 0.6) is 0 Å². The highest BCUT2D eigenvalue weighted by molar-refractivity contribution is 6.60. The number of rotatable bonds is 20. The quantitative estimate of drug-likeness (QED) is 0.0850. The van der Waals surface area contributed by atoms with E-state index in [-0.39, 0.29) is 44.7 Å². The van der Waals surface area contributed by atoms with Crippen LogP contribution >= 0.6 is 0 Å². The fourth-order valence-electron chi connectivity index (χ4n) is 2.50. The zero-order valence-electron chi connectivity index (χ0n) is 19.3. The molecule has 0 radical (unpaired) electrons. The van der Waals surface area contributed by atoms with Gasteiger partial charge in [0.15, 0.2) is 0 Å². The molecule has 0 aliphatic carbocycles. The van der Waals surface area contributed by atoms with Gasteiger partial charge in [0, 0.05) is 59.0 Å². The predicted molar refractivity (Wildman–Crippen MR) is 118 cm³/mol. The van der Waals surface area contributed by atoms with Gasteiger partial charge in [-0.05, 0) is 12.8 Å². The number of carbonyl (C=O) groups is 3. The molecule has 0 amide bonds. The Labute approximate surface area is 191 Å². The summed E-state index contributed by atoms with van der Waals surface area (Å²) in [6.45, 7) is 7.45. The van der Waals surface area contributed by atoms with Gasteiger partial charge in [-0.3, -0.25) is 4.79 Å². The van der Waals surface area contributed by atoms with Gasteiger partial charge in [0.25, 0.3) is 0 Å². The Morgan fingerprint density at radius 1 is 0.781 bits per heavy atom. The molecule has 0 aromatic carbocycles. The Kier molecular flexibility index (Phi) is 17.3. The van der Waals surface area contributed by atoms with E-state index in [2.05, 4.69) is 13.2 Å². The fourth-order valence-corrected chi connectivity index (χ4v) is 4.29. The molecule has 0 heterocycles. The third-order valence-corrected chi connectivity index (χ3v) is 7.18. The molecule has 0 N–H and O–H groups in total. The number of unbranched alkanes of at least 4 members (excludes halogenated alkanes) is 1. The molecule has 0 bridgehead atoms. The molecule has 1 unspecified atom stereocenters. The zero-order chi connectivity index (χ0) is 24.2. The van der Waals surface area contributed by atoms with E-state index in [1.807, 2.05) is 0 Å². The van der Waals surface area contributed by atoms with Gasteiger partial charge in [-0.15, -0.1) is 0 Å². The van der Waals surface area contributed by atoms with Crippen molar-refractivity contribution in [3.63, 3.8) is 0 Å². The molecule has 0 aromatic heterocycles. The van der Waals surface area contributed by atoms with Crippen LogP contribution in [-0.2, 0) is 46.6 Å². The molecule has 32 heavy (non-hydrogen) atoms.